The van der Waals surface area contributed by atoms with Gasteiger partial charge in [-0.25, -0.2) is 14.4 Å². The number of carbonyl (C=O) groups excluding carboxylic acids is 4. The van der Waals surface area contributed by atoms with Crippen molar-refractivity contribution in [2.45, 2.75) is 29.3 Å². The molecule has 7 aromatic rings. The maximum atomic E-state index is 14.1. The number of benzene rings is 7. The van der Waals surface area contributed by atoms with Crippen LogP contribution in [0.2, 0.25) is 0 Å². The third kappa shape index (κ3) is 10.3. The summed E-state index contributed by atoms with van der Waals surface area (Å²) in [6, 6.07) is 60.2. The third-order valence-electron chi connectivity index (χ3n) is 11.6. The van der Waals surface area contributed by atoms with Gasteiger partial charge in [-0.2, -0.15) is 0 Å². The van der Waals surface area contributed by atoms with Crippen LogP contribution >= 0.6 is 11.8 Å². The van der Waals surface area contributed by atoms with Crippen LogP contribution in [-0.2, 0) is 23.7 Å². The lowest BCUT2D eigenvalue weighted by molar-refractivity contribution is -0.154. The van der Waals surface area contributed by atoms with Gasteiger partial charge in [0.2, 0.25) is 0 Å². The molecule has 1 saturated heterocycles. The van der Waals surface area contributed by atoms with E-state index in [2.05, 4.69) is 0 Å². The van der Waals surface area contributed by atoms with Gasteiger partial charge in [0.15, 0.2) is 17.6 Å². The number of rotatable bonds is 13. The first-order valence-electron chi connectivity index (χ1n) is 21.7. The lowest BCUT2D eigenvalue weighted by Gasteiger charge is -2.26. The van der Waals surface area contributed by atoms with Gasteiger partial charge in [0.05, 0.1) is 27.9 Å². The summed E-state index contributed by atoms with van der Waals surface area (Å²) in [6.07, 6.45) is 3.58. The molecule has 1 fully saturated rings. The maximum absolute atomic E-state index is 14.1. The fraction of sp³-hybridized carbons (Fsp3) is 0.123. The monoisotopic (exact) mass is 888 g/mol. The Morgan fingerprint density at radius 3 is 1.26 bits per heavy atom. The van der Waals surface area contributed by atoms with E-state index < -0.39 is 52.7 Å². The molecule has 66 heavy (non-hydrogen) atoms. The predicted octanol–water partition coefficient (Wildman–Crippen LogP) is 11.9. The van der Waals surface area contributed by atoms with Crippen LogP contribution < -0.4 is 0 Å². The molecule has 9 rings (SSSR count). The molecule has 9 heteroatoms. The molecular weight excluding hydrogens is 845 g/mol. The molecule has 2 unspecified atom stereocenters. The van der Waals surface area contributed by atoms with Crippen molar-refractivity contribution in [2.75, 3.05) is 6.61 Å². The first kappa shape index (κ1) is 43.5. The van der Waals surface area contributed by atoms with Crippen LogP contribution in [0.25, 0.3) is 39.0 Å². The van der Waals surface area contributed by atoms with E-state index >= 15 is 0 Å². The molecule has 0 amide bonds. The van der Waals surface area contributed by atoms with Gasteiger partial charge in [-0.05, 0) is 87.3 Å². The summed E-state index contributed by atoms with van der Waals surface area (Å²) < 4.78 is 24.6. The Hall–Kier alpha value is -7.75. The van der Waals surface area contributed by atoms with Crippen molar-refractivity contribution < 1.29 is 38.1 Å². The van der Waals surface area contributed by atoms with E-state index in [4.69, 9.17) is 18.9 Å². The Morgan fingerprint density at radius 1 is 0.439 bits per heavy atom. The van der Waals surface area contributed by atoms with Gasteiger partial charge in [0, 0.05) is 0 Å². The highest BCUT2D eigenvalue weighted by Gasteiger charge is 2.52. The number of thioether (sulfide) groups is 1. The Bertz CT molecular complexity index is 2850. The smallest absolute Gasteiger partial charge is 0.338 e. The lowest BCUT2D eigenvalue weighted by atomic mass is 9.93. The van der Waals surface area contributed by atoms with Gasteiger partial charge in [-0.15, -0.1) is 11.8 Å². The molecule has 0 radical (unpaired) electrons. The van der Waals surface area contributed by atoms with E-state index in [0.29, 0.717) is 12.0 Å². The van der Waals surface area contributed by atoms with Crippen LogP contribution in [0.5, 0.6) is 0 Å². The zero-order valence-electron chi connectivity index (χ0n) is 35.7. The van der Waals surface area contributed by atoms with E-state index in [0.717, 1.165) is 56.3 Å². The molecule has 1 aliphatic heterocycles. The Kier molecular flexibility index (Phi) is 13.4. The molecule has 7 aromatic carbocycles. The van der Waals surface area contributed by atoms with Gasteiger partial charge >= 0.3 is 23.9 Å². The van der Waals surface area contributed by atoms with Crippen molar-refractivity contribution in [3.05, 3.63) is 235 Å². The molecule has 5 atom stereocenters. The molecule has 2 aliphatic rings. The van der Waals surface area contributed by atoms with E-state index in [1.807, 2.05) is 170 Å². The molecule has 0 spiro atoms. The molecule has 8 nitrogen and oxygen atoms in total. The van der Waals surface area contributed by atoms with Crippen molar-refractivity contribution in [3.63, 3.8) is 0 Å². The molecule has 0 aromatic heterocycles. The van der Waals surface area contributed by atoms with E-state index in [1.165, 1.54) is 0 Å². The van der Waals surface area contributed by atoms with Crippen LogP contribution in [0.4, 0.5) is 0 Å². The highest BCUT2D eigenvalue weighted by atomic mass is 32.2. The van der Waals surface area contributed by atoms with Gasteiger partial charge in [0.1, 0.15) is 6.61 Å². The number of ether oxygens (including phenoxy) is 4. The average molecular weight is 889 g/mol. The van der Waals surface area contributed by atoms with Gasteiger partial charge in [-0.3, -0.25) is 4.79 Å². The molecule has 326 valence electrons. The largest absolute Gasteiger partial charge is 0.461 e. The molecule has 0 bridgehead atoms. The summed E-state index contributed by atoms with van der Waals surface area (Å²) in [4.78, 5) is 55.8. The second-order valence-corrected chi connectivity index (χ2v) is 17.2. The van der Waals surface area contributed by atoms with Crippen LogP contribution in [-0.4, -0.2) is 53.4 Å². The zero-order valence-corrected chi connectivity index (χ0v) is 36.5. The fourth-order valence-electron chi connectivity index (χ4n) is 7.94. The molecule has 1 aliphatic carbocycles. The molecule has 0 saturated carbocycles. The minimum absolute atomic E-state index is 0.244. The molecule has 0 N–H and O–H groups in total. The minimum atomic E-state index is -1.29. The summed E-state index contributed by atoms with van der Waals surface area (Å²) in [7, 11) is 0. The highest BCUT2D eigenvalue weighted by Crippen LogP contribution is 2.41. The average Bonchev–Trinajstić information content (AvgIpc) is 3.70. The topological polar surface area (TPSA) is 105 Å². The molecule has 1 heterocycles. The zero-order chi connectivity index (χ0) is 45.2. The van der Waals surface area contributed by atoms with E-state index in [-0.39, 0.29) is 17.7 Å². The van der Waals surface area contributed by atoms with Crippen molar-refractivity contribution in [1.82, 2.24) is 0 Å². The number of hydrogen-bond acceptors (Lipinski definition) is 9. The summed E-state index contributed by atoms with van der Waals surface area (Å²) in [5.74, 6) is -3.17. The SMILES string of the molecule is O=C(OC[C@@H]1SC(OC(=O)C2C=CC(c3ccccc3)=CC2)[C@H](OC(=O)c2ccc(-c3ccccc3)cc2)[C@H]1OC(=O)c1ccc(-c2ccccc2)cc1)c1ccc(-c2ccccc2)cc1. The van der Waals surface area contributed by atoms with Crippen LogP contribution in [0.1, 0.15) is 43.1 Å². The van der Waals surface area contributed by atoms with Crippen molar-refractivity contribution in [1.29, 1.82) is 0 Å². The lowest BCUT2D eigenvalue weighted by Crippen LogP contribution is -2.43. The molecular formula is C57H44O8S. The van der Waals surface area contributed by atoms with E-state index in [1.54, 1.807) is 42.5 Å². The van der Waals surface area contributed by atoms with Crippen molar-refractivity contribution >= 4 is 41.2 Å². The van der Waals surface area contributed by atoms with Crippen LogP contribution in [0.15, 0.2) is 212 Å². The summed E-state index contributed by atoms with van der Waals surface area (Å²) >= 11 is 1.11. The normalized spacial score (nSPS) is 18.7. The first-order valence-corrected chi connectivity index (χ1v) is 22.7. The van der Waals surface area contributed by atoms with Crippen LogP contribution in [0, 0.1) is 5.92 Å². The Morgan fingerprint density at radius 2 is 0.833 bits per heavy atom. The number of carbonyl (C=O) groups is 4. The standard InChI is InChI=1S/C57H44O8S/c58-53(46-29-21-42(22-30-46)38-13-5-1-6-14-38)62-37-50-51(63-54(59)47-31-23-43(24-32-47)39-15-7-2-8-16-39)52(64-55(60)48-33-25-44(26-34-48)40-17-9-3-10-18-40)57(66-50)65-56(61)49-35-27-45(28-36-49)41-19-11-4-12-20-41/h1-35,49-52,57H,36-37H2/t49?,50-,51-,52+,57?/m0/s1. The Balaban J connectivity index is 0.990. The van der Waals surface area contributed by atoms with Crippen molar-refractivity contribution in [3.8, 4) is 33.4 Å². The second-order valence-electron chi connectivity index (χ2n) is 15.9. The van der Waals surface area contributed by atoms with Gasteiger partial charge < -0.3 is 18.9 Å². The number of hydrogen-bond donors (Lipinski definition) is 0. The van der Waals surface area contributed by atoms with Gasteiger partial charge in [-0.1, -0.05) is 176 Å². The van der Waals surface area contributed by atoms with Crippen LogP contribution in [0.3, 0.4) is 0 Å². The number of esters is 4. The summed E-state index contributed by atoms with van der Waals surface area (Å²) in [6.45, 7) is -0.255. The maximum Gasteiger partial charge on any atom is 0.338 e. The summed E-state index contributed by atoms with van der Waals surface area (Å²) in [5.41, 5.74) is 7.41. The first-order chi connectivity index (χ1) is 32.4. The highest BCUT2D eigenvalue weighted by molar-refractivity contribution is 8.00. The van der Waals surface area contributed by atoms with Crippen molar-refractivity contribution in [2.24, 2.45) is 5.92 Å². The van der Waals surface area contributed by atoms with E-state index in [9.17, 15) is 19.2 Å². The number of allylic oxidation sites excluding steroid dienone is 3. The fourth-order valence-corrected chi connectivity index (χ4v) is 9.31. The summed E-state index contributed by atoms with van der Waals surface area (Å²) in [5, 5.41) is -0.812. The Labute approximate surface area is 387 Å². The van der Waals surface area contributed by atoms with Gasteiger partial charge in [0.25, 0.3) is 0 Å². The third-order valence-corrected chi connectivity index (χ3v) is 12.9. The predicted molar refractivity (Wildman–Crippen MR) is 257 cm³/mol. The second kappa shape index (κ2) is 20.4. The quantitative estimate of drug-likeness (QED) is 0.0826. The minimum Gasteiger partial charge on any atom is -0.461 e.